The van der Waals surface area contributed by atoms with E-state index in [1.165, 1.54) is 12.1 Å². The lowest BCUT2D eigenvalue weighted by molar-refractivity contribution is -0.131. The quantitative estimate of drug-likeness (QED) is 0.524. The molecule has 0 radical (unpaired) electrons. The number of carbonyl (C=O) groups is 1. The summed E-state index contributed by atoms with van der Waals surface area (Å²) in [6.45, 7) is 4.46. The van der Waals surface area contributed by atoms with Gasteiger partial charge in [-0.1, -0.05) is 24.3 Å². The molecule has 1 fully saturated rings. The molecule has 8 nitrogen and oxygen atoms in total. The smallest absolute Gasteiger partial charge is 0.229 e. The number of benzene rings is 2. The minimum absolute atomic E-state index is 0.0290. The van der Waals surface area contributed by atoms with E-state index in [-0.39, 0.29) is 18.1 Å². The third-order valence-electron chi connectivity index (χ3n) is 6.69. The van der Waals surface area contributed by atoms with E-state index in [1.54, 1.807) is 24.1 Å². The minimum atomic E-state index is -0.315. The lowest BCUT2D eigenvalue weighted by atomic mass is 10.0. The lowest BCUT2D eigenvalue weighted by Crippen LogP contribution is -2.45. The van der Waals surface area contributed by atoms with E-state index in [4.69, 9.17) is 19.4 Å². The van der Waals surface area contributed by atoms with E-state index in [0.717, 1.165) is 43.0 Å². The number of rotatable bonds is 6. The van der Waals surface area contributed by atoms with Crippen LogP contribution in [0.25, 0.3) is 0 Å². The highest BCUT2D eigenvalue weighted by atomic mass is 19.1. The Balaban J connectivity index is 1.44. The van der Waals surface area contributed by atoms with Crippen LogP contribution >= 0.6 is 0 Å². The molecule has 188 valence electrons. The molecule has 1 saturated heterocycles. The standard InChI is InChI=1S/C27H30FN5O3/c1-31-13-15-32(16-14-31)27-29-22-11-12-33(25(34)17-19-7-9-20(28)10-8-19)18-21(22)26(30-27)36-24-6-4-3-5-23(24)35-2/h3-10H,11-18H2,1-2H3. The van der Waals surface area contributed by atoms with E-state index in [0.29, 0.717) is 42.8 Å². The number of piperazine rings is 1. The third kappa shape index (κ3) is 5.26. The van der Waals surface area contributed by atoms with E-state index in [9.17, 15) is 9.18 Å². The van der Waals surface area contributed by atoms with Crippen molar-refractivity contribution in [2.75, 3.05) is 51.8 Å². The van der Waals surface area contributed by atoms with Gasteiger partial charge in [-0.2, -0.15) is 4.98 Å². The number of hydrogen-bond acceptors (Lipinski definition) is 7. The summed E-state index contributed by atoms with van der Waals surface area (Å²) in [6, 6.07) is 13.5. The molecule has 1 aromatic heterocycles. The van der Waals surface area contributed by atoms with Crippen LogP contribution in [-0.2, 0) is 24.2 Å². The fraction of sp³-hybridized carbons (Fsp3) is 0.370. The van der Waals surface area contributed by atoms with Gasteiger partial charge in [-0.05, 0) is 36.9 Å². The van der Waals surface area contributed by atoms with Crippen LogP contribution in [0, 0.1) is 5.82 Å². The largest absolute Gasteiger partial charge is 0.493 e. The van der Waals surface area contributed by atoms with Crippen LogP contribution in [0.1, 0.15) is 16.8 Å². The molecule has 2 aliphatic heterocycles. The highest BCUT2D eigenvalue weighted by Crippen LogP contribution is 2.35. The van der Waals surface area contributed by atoms with Gasteiger partial charge in [-0.3, -0.25) is 4.79 Å². The first-order valence-electron chi connectivity index (χ1n) is 12.2. The summed E-state index contributed by atoms with van der Waals surface area (Å²) in [5, 5.41) is 0. The zero-order chi connectivity index (χ0) is 25.1. The molecule has 0 atom stereocenters. The van der Waals surface area contributed by atoms with Crippen LogP contribution in [0.3, 0.4) is 0 Å². The number of amides is 1. The Hall–Kier alpha value is -3.72. The van der Waals surface area contributed by atoms with Gasteiger partial charge in [0.15, 0.2) is 11.5 Å². The fourth-order valence-electron chi connectivity index (χ4n) is 4.51. The molecule has 9 heteroatoms. The maximum absolute atomic E-state index is 13.3. The molecule has 0 N–H and O–H groups in total. The number of ether oxygens (including phenoxy) is 2. The van der Waals surface area contributed by atoms with Crippen molar-refractivity contribution >= 4 is 11.9 Å². The number of hydrogen-bond donors (Lipinski definition) is 0. The molecular formula is C27H30FN5O3. The van der Waals surface area contributed by atoms with Crippen LogP contribution in [0.2, 0.25) is 0 Å². The predicted molar refractivity (Wildman–Crippen MR) is 134 cm³/mol. The van der Waals surface area contributed by atoms with Gasteiger partial charge in [-0.15, -0.1) is 0 Å². The van der Waals surface area contributed by atoms with Crippen LogP contribution < -0.4 is 14.4 Å². The number of carbonyl (C=O) groups excluding carboxylic acids is 1. The first-order chi connectivity index (χ1) is 17.5. The SMILES string of the molecule is COc1ccccc1Oc1nc(N2CCN(C)CC2)nc2c1CN(C(=O)Cc1ccc(F)cc1)CC2. The normalized spacial score (nSPS) is 16.0. The fourth-order valence-corrected chi connectivity index (χ4v) is 4.51. The number of likely N-dealkylation sites (N-methyl/N-ethyl adjacent to an activating group) is 1. The number of nitrogens with zero attached hydrogens (tertiary/aromatic N) is 5. The lowest BCUT2D eigenvalue weighted by Gasteiger charge is -2.34. The number of para-hydroxylation sites is 2. The Morgan fingerprint density at radius 2 is 1.69 bits per heavy atom. The maximum atomic E-state index is 13.3. The number of halogens is 1. The highest BCUT2D eigenvalue weighted by Gasteiger charge is 2.29. The molecule has 0 spiro atoms. The minimum Gasteiger partial charge on any atom is -0.493 e. The Bertz CT molecular complexity index is 1230. The molecule has 0 aliphatic carbocycles. The summed E-state index contributed by atoms with van der Waals surface area (Å²) < 4.78 is 25.1. The molecule has 1 amide bonds. The van der Waals surface area contributed by atoms with E-state index in [1.807, 2.05) is 24.3 Å². The van der Waals surface area contributed by atoms with Crippen molar-refractivity contribution in [1.29, 1.82) is 0 Å². The van der Waals surface area contributed by atoms with Gasteiger partial charge >= 0.3 is 0 Å². The molecule has 0 unspecified atom stereocenters. The summed E-state index contributed by atoms with van der Waals surface area (Å²) in [5.74, 6) is 1.91. The van der Waals surface area contributed by atoms with Crippen molar-refractivity contribution in [3.05, 3.63) is 71.2 Å². The van der Waals surface area contributed by atoms with Gasteiger partial charge in [0, 0.05) is 39.1 Å². The van der Waals surface area contributed by atoms with Crippen molar-refractivity contribution in [2.24, 2.45) is 0 Å². The van der Waals surface area contributed by atoms with Gasteiger partial charge in [0.1, 0.15) is 5.82 Å². The monoisotopic (exact) mass is 491 g/mol. The molecule has 0 bridgehead atoms. The number of anilines is 1. The van der Waals surface area contributed by atoms with Gasteiger partial charge in [0.25, 0.3) is 0 Å². The van der Waals surface area contributed by atoms with Crippen LogP contribution in [0.4, 0.5) is 10.3 Å². The van der Waals surface area contributed by atoms with Crippen molar-refractivity contribution in [2.45, 2.75) is 19.4 Å². The second kappa shape index (κ2) is 10.5. The number of fused-ring (bicyclic) bond motifs is 1. The molecule has 2 aliphatic rings. The zero-order valence-electron chi connectivity index (χ0n) is 20.6. The van der Waals surface area contributed by atoms with Gasteiger partial charge in [-0.25, -0.2) is 9.37 Å². The van der Waals surface area contributed by atoms with Crippen molar-refractivity contribution in [3.63, 3.8) is 0 Å². The van der Waals surface area contributed by atoms with Crippen LogP contribution in [0.15, 0.2) is 48.5 Å². The van der Waals surface area contributed by atoms with E-state index < -0.39 is 0 Å². The zero-order valence-corrected chi connectivity index (χ0v) is 20.6. The molecule has 0 saturated carbocycles. The van der Waals surface area contributed by atoms with E-state index >= 15 is 0 Å². The van der Waals surface area contributed by atoms with E-state index in [2.05, 4.69) is 16.8 Å². The van der Waals surface area contributed by atoms with Crippen molar-refractivity contribution in [1.82, 2.24) is 19.8 Å². The second-order valence-corrected chi connectivity index (χ2v) is 9.17. The van der Waals surface area contributed by atoms with Crippen LogP contribution in [-0.4, -0.2) is 72.6 Å². The Morgan fingerprint density at radius 3 is 2.42 bits per heavy atom. The number of aromatic nitrogens is 2. The highest BCUT2D eigenvalue weighted by molar-refractivity contribution is 5.79. The third-order valence-corrected chi connectivity index (χ3v) is 6.69. The average molecular weight is 492 g/mol. The number of methoxy groups -OCH3 is 1. The molecule has 5 rings (SSSR count). The summed E-state index contributed by atoms with van der Waals surface area (Å²) in [4.78, 5) is 29.1. The topological polar surface area (TPSA) is 71.0 Å². The van der Waals surface area contributed by atoms with Gasteiger partial charge in [0.2, 0.25) is 17.7 Å². The predicted octanol–water partition coefficient (Wildman–Crippen LogP) is 3.30. The molecule has 3 heterocycles. The Morgan fingerprint density at radius 1 is 0.972 bits per heavy atom. The molecule has 2 aromatic carbocycles. The molecule has 36 heavy (non-hydrogen) atoms. The molecular weight excluding hydrogens is 461 g/mol. The van der Waals surface area contributed by atoms with Crippen molar-refractivity contribution < 1.29 is 18.7 Å². The Kier molecular flexibility index (Phi) is 6.99. The van der Waals surface area contributed by atoms with Gasteiger partial charge in [0.05, 0.1) is 31.3 Å². The van der Waals surface area contributed by atoms with Crippen molar-refractivity contribution in [3.8, 4) is 17.4 Å². The summed E-state index contributed by atoms with van der Waals surface area (Å²) in [5.41, 5.74) is 2.48. The van der Waals surface area contributed by atoms with Crippen LogP contribution in [0.5, 0.6) is 17.4 Å². The first-order valence-corrected chi connectivity index (χ1v) is 12.2. The molecule has 3 aromatic rings. The summed E-state index contributed by atoms with van der Waals surface area (Å²) in [6.07, 6.45) is 0.814. The maximum Gasteiger partial charge on any atom is 0.229 e. The summed E-state index contributed by atoms with van der Waals surface area (Å²) in [7, 11) is 3.71. The average Bonchev–Trinajstić information content (AvgIpc) is 2.90. The first kappa shape index (κ1) is 24.0. The summed E-state index contributed by atoms with van der Waals surface area (Å²) >= 11 is 0. The Labute approximate surface area is 210 Å². The van der Waals surface area contributed by atoms with Gasteiger partial charge < -0.3 is 24.2 Å². The second-order valence-electron chi connectivity index (χ2n) is 9.17.